The van der Waals surface area contributed by atoms with E-state index >= 15 is 0 Å². The van der Waals surface area contributed by atoms with E-state index < -0.39 is 10.0 Å². The Morgan fingerprint density at radius 3 is 2.32 bits per heavy atom. The molecular weight excluding hydrogens is 474 g/mol. The van der Waals surface area contributed by atoms with Crippen molar-refractivity contribution >= 4 is 38.9 Å². The lowest BCUT2D eigenvalue weighted by Gasteiger charge is -2.36. The van der Waals surface area contributed by atoms with Gasteiger partial charge in [-0.25, -0.2) is 8.42 Å². The van der Waals surface area contributed by atoms with Crippen molar-refractivity contribution in [2.75, 3.05) is 43.5 Å². The summed E-state index contributed by atoms with van der Waals surface area (Å²) in [7, 11) is -2.03. The normalized spacial score (nSPS) is 14.6. The average Bonchev–Trinajstić information content (AvgIpc) is 2.84. The summed E-state index contributed by atoms with van der Waals surface area (Å²) in [6.07, 6.45) is 0. The van der Waals surface area contributed by atoms with Crippen molar-refractivity contribution < 1.29 is 17.9 Å². The van der Waals surface area contributed by atoms with E-state index in [0.29, 0.717) is 53.9 Å². The molecule has 178 valence electrons. The highest BCUT2D eigenvalue weighted by molar-refractivity contribution is 7.89. The summed E-state index contributed by atoms with van der Waals surface area (Å²) < 4.78 is 32.8. The van der Waals surface area contributed by atoms with Crippen molar-refractivity contribution in [1.82, 2.24) is 4.31 Å². The first-order chi connectivity index (χ1) is 16.3. The SMILES string of the molecule is COc1cccc(C(=O)Nc2cccc(Cl)c2N2CCN(S(=O)(=O)c3ccc(C)cc3)CC2)c1. The number of nitrogens with zero attached hydrogens (tertiary/aromatic N) is 2. The van der Waals surface area contributed by atoms with Crippen molar-refractivity contribution in [3.63, 3.8) is 0 Å². The van der Waals surface area contributed by atoms with Crippen LogP contribution in [0.15, 0.2) is 71.6 Å². The molecule has 34 heavy (non-hydrogen) atoms. The molecule has 1 fully saturated rings. The van der Waals surface area contributed by atoms with E-state index in [9.17, 15) is 13.2 Å². The minimum Gasteiger partial charge on any atom is -0.497 e. The molecule has 1 amide bonds. The van der Waals surface area contributed by atoms with Gasteiger partial charge in [-0.05, 0) is 49.4 Å². The molecule has 3 aromatic rings. The number of aryl methyl sites for hydroxylation is 1. The zero-order chi connectivity index (χ0) is 24.3. The Labute approximate surface area is 205 Å². The number of ether oxygens (including phenoxy) is 1. The van der Waals surface area contributed by atoms with Gasteiger partial charge in [0.15, 0.2) is 0 Å². The number of piperazine rings is 1. The smallest absolute Gasteiger partial charge is 0.255 e. The standard InChI is InChI=1S/C25H26ClN3O4S/c1-18-9-11-21(12-10-18)34(31,32)29-15-13-28(14-16-29)24-22(26)7-4-8-23(24)27-25(30)19-5-3-6-20(17-19)33-2/h3-12,17H,13-16H2,1-2H3,(H,27,30). The number of amides is 1. The zero-order valence-electron chi connectivity index (χ0n) is 19.0. The summed E-state index contributed by atoms with van der Waals surface area (Å²) in [6.45, 7) is 3.42. The first-order valence-electron chi connectivity index (χ1n) is 10.9. The van der Waals surface area contributed by atoms with Crippen molar-refractivity contribution in [3.8, 4) is 5.75 Å². The number of methoxy groups -OCH3 is 1. The fraction of sp³-hybridized carbons (Fsp3) is 0.240. The predicted molar refractivity (Wildman–Crippen MR) is 135 cm³/mol. The van der Waals surface area contributed by atoms with E-state index in [-0.39, 0.29) is 10.8 Å². The number of hydrogen-bond donors (Lipinski definition) is 1. The van der Waals surface area contributed by atoms with Gasteiger partial charge in [0.05, 0.1) is 28.4 Å². The zero-order valence-corrected chi connectivity index (χ0v) is 20.6. The molecule has 0 aromatic heterocycles. The van der Waals surface area contributed by atoms with Crippen LogP contribution >= 0.6 is 11.6 Å². The first kappa shape index (κ1) is 24.1. The van der Waals surface area contributed by atoms with Crippen LogP contribution in [-0.4, -0.2) is 51.9 Å². The fourth-order valence-corrected chi connectivity index (χ4v) is 5.62. The molecule has 0 radical (unpaired) electrons. The summed E-state index contributed by atoms with van der Waals surface area (Å²) in [4.78, 5) is 15.2. The van der Waals surface area contributed by atoms with Crippen molar-refractivity contribution in [2.45, 2.75) is 11.8 Å². The van der Waals surface area contributed by atoms with Crippen molar-refractivity contribution in [1.29, 1.82) is 0 Å². The molecular formula is C25H26ClN3O4S. The van der Waals surface area contributed by atoms with Crippen LogP contribution in [0, 0.1) is 6.92 Å². The lowest BCUT2D eigenvalue weighted by atomic mass is 10.1. The number of carbonyl (C=O) groups is 1. The monoisotopic (exact) mass is 499 g/mol. The molecule has 0 atom stereocenters. The number of rotatable bonds is 6. The number of hydrogen-bond acceptors (Lipinski definition) is 5. The van der Waals surface area contributed by atoms with Gasteiger partial charge in [-0.15, -0.1) is 0 Å². The van der Waals surface area contributed by atoms with Crippen LogP contribution < -0.4 is 15.0 Å². The average molecular weight is 500 g/mol. The van der Waals surface area contributed by atoms with E-state index in [0.717, 1.165) is 5.56 Å². The first-order valence-corrected chi connectivity index (χ1v) is 12.7. The van der Waals surface area contributed by atoms with Crippen molar-refractivity contribution in [2.24, 2.45) is 0 Å². The lowest BCUT2D eigenvalue weighted by molar-refractivity contribution is 0.102. The van der Waals surface area contributed by atoms with E-state index in [1.807, 2.05) is 11.8 Å². The predicted octanol–water partition coefficient (Wildman–Crippen LogP) is 4.42. The number of sulfonamides is 1. The van der Waals surface area contributed by atoms with Crippen LogP contribution in [0.5, 0.6) is 5.75 Å². The number of nitrogens with one attached hydrogen (secondary N) is 1. The molecule has 1 heterocycles. The highest BCUT2D eigenvalue weighted by Crippen LogP contribution is 2.35. The number of halogens is 1. The second-order valence-electron chi connectivity index (χ2n) is 8.03. The highest BCUT2D eigenvalue weighted by Gasteiger charge is 2.30. The highest BCUT2D eigenvalue weighted by atomic mass is 35.5. The molecule has 0 saturated carbocycles. The third-order valence-electron chi connectivity index (χ3n) is 5.78. The van der Waals surface area contributed by atoms with E-state index in [1.54, 1.807) is 73.8 Å². The molecule has 0 spiro atoms. The van der Waals surface area contributed by atoms with Gasteiger partial charge >= 0.3 is 0 Å². The molecule has 7 nitrogen and oxygen atoms in total. The quantitative estimate of drug-likeness (QED) is 0.543. The van der Waals surface area contributed by atoms with Gasteiger partial charge in [0.2, 0.25) is 10.0 Å². The Hall–Kier alpha value is -3.07. The molecule has 1 aliphatic heterocycles. The number of carbonyl (C=O) groups excluding carboxylic acids is 1. The van der Waals surface area contributed by atoms with Gasteiger partial charge in [-0.3, -0.25) is 4.79 Å². The Morgan fingerprint density at radius 2 is 1.65 bits per heavy atom. The maximum absolute atomic E-state index is 13.0. The van der Waals surface area contributed by atoms with Crippen molar-refractivity contribution in [3.05, 3.63) is 82.9 Å². The van der Waals surface area contributed by atoms with Crippen LogP contribution in [0.3, 0.4) is 0 Å². The summed E-state index contributed by atoms with van der Waals surface area (Å²) >= 11 is 6.53. The van der Waals surface area contributed by atoms with Crippen LogP contribution in [0.4, 0.5) is 11.4 Å². The maximum Gasteiger partial charge on any atom is 0.255 e. The Bertz CT molecular complexity index is 1290. The topological polar surface area (TPSA) is 79.0 Å². The molecule has 0 aliphatic carbocycles. The van der Waals surface area contributed by atoms with Gasteiger partial charge < -0.3 is 15.0 Å². The number of para-hydroxylation sites is 1. The van der Waals surface area contributed by atoms with Crippen LogP contribution in [0.2, 0.25) is 5.02 Å². The van der Waals surface area contributed by atoms with Crippen LogP contribution in [-0.2, 0) is 10.0 Å². The molecule has 1 N–H and O–H groups in total. The summed E-state index contributed by atoms with van der Waals surface area (Å²) in [5.74, 6) is 0.299. The van der Waals surface area contributed by atoms with E-state index in [1.165, 1.54) is 4.31 Å². The van der Waals surface area contributed by atoms with E-state index in [4.69, 9.17) is 16.3 Å². The lowest BCUT2D eigenvalue weighted by Crippen LogP contribution is -2.49. The largest absolute Gasteiger partial charge is 0.497 e. The van der Waals surface area contributed by atoms with Crippen LogP contribution in [0.1, 0.15) is 15.9 Å². The summed E-state index contributed by atoms with van der Waals surface area (Å²) in [5, 5.41) is 3.42. The number of anilines is 2. The molecule has 1 saturated heterocycles. The molecule has 0 unspecified atom stereocenters. The third-order valence-corrected chi connectivity index (χ3v) is 8.00. The van der Waals surface area contributed by atoms with Gasteiger partial charge in [0, 0.05) is 31.7 Å². The maximum atomic E-state index is 13.0. The summed E-state index contributed by atoms with van der Waals surface area (Å²) in [5.41, 5.74) is 2.70. The van der Waals surface area contributed by atoms with Gasteiger partial charge in [-0.1, -0.05) is 41.4 Å². The Morgan fingerprint density at radius 1 is 0.971 bits per heavy atom. The minimum atomic E-state index is -3.57. The molecule has 4 rings (SSSR count). The Balaban J connectivity index is 1.51. The molecule has 0 bridgehead atoms. The second-order valence-corrected chi connectivity index (χ2v) is 10.4. The molecule has 1 aliphatic rings. The van der Waals surface area contributed by atoms with Crippen LogP contribution in [0.25, 0.3) is 0 Å². The fourth-order valence-electron chi connectivity index (χ4n) is 3.91. The third kappa shape index (κ3) is 5.04. The van der Waals surface area contributed by atoms with Gasteiger partial charge in [0.25, 0.3) is 5.91 Å². The Kier molecular flexibility index (Phi) is 7.11. The minimum absolute atomic E-state index is 0.288. The number of benzene rings is 3. The summed E-state index contributed by atoms with van der Waals surface area (Å²) in [6, 6.07) is 19.1. The second kappa shape index (κ2) is 10.0. The molecule has 3 aromatic carbocycles. The van der Waals surface area contributed by atoms with Gasteiger partial charge in [0.1, 0.15) is 5.75 Å². The molecule has 9 heteroatoms. The van der Waals surface area contributed by atoms with Gasteiger partial charge in [-0.2, -0.15) is 4.31 Å². The van der Waals surface area contributed by atoms with E-state index in [2.05, 4.69) is 5.32 Å².